The SMILES string of the molecule is C=C1CCC[C@@]2(C)C[C@H]3OC(=O)[C@H](CN4CCCCC4)[C@@H]3C[C@H]12. The van der Waals surface area contributed by atoms with E-state index in [1.54, 1.807) is 0 Å². The van der Waals surface area contributed by atoms with Crippen molar-refractivity contribution in [3.05, 3.63) is 12.2 Å². The van der Waals surface area contributed by atoms with Crippen molar-refractivity contribution in [1.82, 2.24) is 4.90 Å². The highest BCUT2D eigenvalue weighted by Crippen LogP contribution is 2.56. The predicted molar refractivity (Wildman–Crippen MR) is 91.0 cm³/mol. The van der Waals surface area contributed by atoms with Crippen LogP contribution in [0.1, 0.15) is 58.3 Å². The Morgan fingerprint density at radius 2 is 2.04 bits per heavy atom. The summed E-state index contributed by atoms with van der Waals surface area (Å²) in [5.74, 6) is 1.23. The van der Waals surface area contributed by atoms with Gasteiger partial charge < -0.3 is 9.64 Å². The molecular formula is C20H31NO2. The van der Waals surface area contributed by atoms with E-state index in [9.17, 15) is 4.79 Å². The first kappa shape index (κ1) is 15.7. The highest BCUT2D eigenvalue weighted by atomic mass is 16.6. The first-order valence-electron chi connectivity index (χ1n) is 9.67. The molecule has 0 aromatic carbocycles. The molecule has 4 rings (SSSR count). The van der Waals surface area contributed by atoms with Crippen LogP contribution in [0.15, 0.2) is 12.2 Å². The Morgan fingerprint density at radius 3 is 2.83 bits per heavy atom. The summed E-state index contributed by atoms with van der Waals surface area (Å²) in [5.41, 5.74) is 1.75. The van der Waals surface area contributed by atoms with E-state index in [4.69, 9.17) is 4.74 Å². The number of carbonyl (C=O) groups is 1. The van der Waals surface area contributed by atoms with E-state index < -0.39 is 0 Å². The number of hydrogen-bond donors (Lipinski definition) is 0. The quantitative estimate of drug-likeness (QED) is 0.573. The Labute approximate surface area is 140 Å². The van der Waals surface area contributed by atoms with Gasteiger partial charge in [0.1, 0.15) is 6.10 Å². The van der Waals surface area contributed by atoms with Gasteiger partial charge in [0.25, 0.3) is 0 Å². The molecule has 0 aromatic rings. The molecule has 5 atom stereocenters. The van der Waals surface area contributed by atoms with Crippen molar-refractivity contribution in [2.24, 2.45) is 23.2 Å². The molecule has 0 spiro atoms. The van der Waals surface area contributed by atoms with Gasteiger partial charge in [-0.2, -0.15) is 0 Å². The lowest BCUT2D eigenvalue weighted by Gasteiger charge is -2.50. The number of rotatable bonds is 2. The van der Waals surface area contributed by atoms with Crippen LogP contribution in [0.3, 0.4) is 0 Å². The molecule has 0 aromatic heterocycles. The molecule has 2 aliphatic carbocycles. The van der Waals surface area contributed by atoms with Gasteiger partial charge in [0, 0.05) is 12.5 Å². The van der Waals surface area contributed by atoms with Crippen LogP contribution in [0.4, 0.5) is 0 Å². The van der Waals surface area contributed by atoms with Gasteiger partial charge in [0.05, 0.1) is 5.92 Å². The van der Waals surface area contributed by atoms with Crippen molar-refractivity contribution in [1.29, 1.82) is 0 Å². The van der Waals surface area contributed by atoms with E-state index in [0.29, 0.717) is 17.3 Å². The Balaban J connectivity index is 1.50. The second-order valence-electron chi connectivity index (χ2n) is 8.77. The highest BCUT2D eigenvalue weighted by Gasteiger charge is 2.55. The average Bonchev–Trinajstić information content (AvgIpc) is 2.81. The zero-order valence-corrected chi connectivity index (χ0v) is 14.6. The molecule has 0 bridgehead atoms. The smallest absolute Gasteiger partial charge is 0.310 e. The van der Waals surface area contributed by atoms with Gasteiger partial charge in [-0.1, -0.05) is 25.5 Å². The third kappa shape index (κ3) is 2.75. The Bertz CT molecular complexity index is 496. The second-order valence-corrected chi connectivity index (χ2v) is 8.77. The van der Waals surface area contributed by atoms with Crippen LogP contribution < -0.4 is 0 Å². The van der Waals surface area contributed by atoms with Crippen LogP contribution in [0, 0.1) is 23.2 Å². The second kappa shape index (κ2) is 5.91. The molecule has 2 aliphatic heterocycles. The molecule has 0 amide bonds. The van der Waals surface area contributed by atoms with E-state index in [1.165, 1.54) is 44.1 Å². The minimum absolute atomic E-state index is 0.0819. The molecule has 0 N–H and O–H groups in total. The highest BCUT2D eigenvalue weighted by molar-refractivity contribution is 5.75. The third-order valence-electron chi connectivity index (χ3n) is 7.22. The van der Waals surface area contributed by atoms with E-state index in [1.807, 2.05) is 0 Å². The number of nitrogens with zero attached hydrogens (tertiary/aromatic N) is 1. The third-order valence-corrected chi connectivity index (χ3v) is 7.22. The predicted octanol–water partition coefficient (Wildman–Crippen LogP) is 3.79. The molecule has 2 heterocycles. The molecular weight excluding hydrogens is 286 g/mol. The number of ether oxygens (including phenoxy) is 1. The number of piperidine rings is 1. The molecule has 3 heteroatoms. The summed E-state index contributed by atoms with van der Waals surface area (Å²) in [5, 5.41) is 0. The van der Waals surface area contributed by atoms with Crippen molar-refractivity contribution in [2.45, 2.75) is 64.4 Å². The van der Waals surface area contributed by atoms with Crippen LogP contribution in [0.2, 0.25) is 0 Å². The summed E-state index contributed by atoms with van der Waals surface area (Å²) < 4.78 is 5.87. The molecule has 23 heavy (non-hydrogen) atoms. The number of fused-ring (bicyclic) bond motifs is 2. The number of likely N-dealkylation sites (tertiary alicyclic amines) is 1. The van der Waals surface area contributed by atoms with Crippen molar-refractivity contribution in [2.75, 3.05) is 19.6 Å². The minimum atomic E-state index is 0.0819. The van der Waals surface area contributed by atoms with Gasteiger partial charge in [0.2, 0.25) is 0 Å². The van der Waals surface area contributed by atoms with Crippen molar-refractivity contribution in [3.63, 3.8) is 0 Å². The van der Waals surface area contributed by atoms with Crippen LogP contribution in [-0.2, 0) is 9.53 Å². The topological polar surface area (TPSA) is 29.5 Å². The van der Waals surface area contributed by atoms with Gasteiger partial charge in [-0.15, -0.1) is 0 Å². The van der Waals surface area contributed by atoms with E-state index >= 15 is 0 Å². The summed E-state index contributed by atoms with van der Waals surface area (Å²) in [6, 6.07) is 0. The van der Waals surface area contributed by atoms with Gasteiger partial charge in [-0.05, 0) is 69.4 Å². The lowest BCUT2D eigenvalue weighted by atomic mass is 9.55. The Kier molecular flexibility index (Phi) is 4.03. The van der Waals surface area contributed by atoms with Crippen LogP contribution in [-0.4, -0.2) is 36.6 Å². The van der Waals surface area contributed by atoms with Crippen molar-refractivity contribution < 1.29 is 9.53 Å². The lowest BCUT2D eigenvalue weighted by molar-refractivity contribution is -0.146. The number of hydrogen-bond acceptors (Lipinski definition) is 3. The largest absolute Gasteiger partial charge is 0.462 e. The van der Waals surface area contributed by atoms with Crippen LogP contribution >= 0.6 is 0 Å². The summed E-state index contributed by atoms with van der Waals surface area (Å²) >= 11 is 0. The molecule has 0 radical (unpaired) electrons. The Morgan fingerprint density at radius 1 is 1.26 bits per heavy atom. The van der Waals surface area contributed by atoms with Crippen molar-refractivity contribution in [3.8, 4) is 0 Å². The fourth-order valence-corrected chi connectivity index (χ4v) is 5.88. The number of carbonyl (C=O) groups excluding carboxylic acids is 1. The molecule has 4 fully saturated rings. The summed E-state index contributed by atoms with van der Waals surface area (Å²) in [4.78, 5) is 15.0. The fraction of sp³-hybridized carbons (Fsp3) is 0.850. The van der Waals surface area contributed by atoms with Crippen LogP contribution in [0.25, 0.3) is 0 Å². The van der Waals surface area contributed by atoms with Gasteiger partial charge in [-0.3, -0.25) is 4.79 Å². The maximum Gasteiger partial charge on any atom is 0.310 e. The summed E-state index contributed by atoms with van der Waals surface area (Å²) in [7, 11) is 0. The number of esters is 1. The monoisotopic (exact) mass is 317 g/mol. The molecule has 4 aliphatic rings. The summed E-state index contributed by atoms with van der Waals surface area (Å²) in [6.07, 6.45) is 9.99. The molecule has 2 saturated heterocycles. The van der Waals surface area contributed by atoms with Gasteiger partial charge >= 0.3 is 5.97 Å². The fourth-order valence-electron chi connectivity index (χ4n) is 5.88. The van der Waals surface area contributed by atoms with Gasteiger partial charge in [-0.25, -0.2) is 0 Å². The van der Waals surface area contributed by atoms with Crippen LogP contribution in [0.5, 0.6) is 0 Å². The molecule has 3 nitrogen and oxygen atoms in total. The van der Waals surface area contributed by atoms with E-state index in [0.717, 1.165) is 32.5 Å². The first-order chi connectivity index (χ1) is 11.1. The zero-order valence-electron chi connectivity index (χ0n) is 14.6. The summed E-state index contributed by atoms with van der Waals surface area (Å²) in [6.45, 7) is 10.0. The average molecular weight is 317 g/mol. The molecule has 128 valence electrons. The normalized spacial score (nSPS) is 44.6. The van der Waals surface area contributed by atoms with Crippen molar-refractivity contribution >= 4 is 5.97 Å². The van der Waals surface area contributed by atoms with Gasteiger partial charge in [0.15, 0.2) is 0 Å². The molecule has 0 unspecified atom stereocenters. The maximum atomic E-state index is 12.5. The van der Waals surface area contributed by atoms with E-state index in [-0.39, 0.29) is 18.0 Å². The first-order valence-corrected chi connectivity index (χ1v) is 9.67. The Hall–Kier alpha value is -0.830. The van der Waals surface area contributed by atoms with E-state index in [2.05, 4.69) is 18.4 Å². The minimum Gasteiger partial charge on any atom is -0.462 e. The maximum absolute atomic E-state index is 12.5. The lowest BCUT2D eigenvalue weighted by Crippen LogP contribution is -2.46. The number of allylic oxidation sites excluding steroid dienone is 1. The standard InChI is InChI=1S/C20H31NO2/c1-14-7-6-8-20(2)12-18-15(11-17(14)20)16(19(22)23-18)13-21-9-4-3-5-10-21/h15-18H,1,3-13H2,2H3/t15-,16+,17+,18+,20-/m0/s1. The molecule has 2 saturated carbocycles. The zero-order chi connectivity index (χ0) is 16.0.